The molecule has 1 aliphatic rings. The van der Waals surface area contributed by atoms with Crippen molar-refractivity contribution in [2.24, 2.45) is 5.92 Å². The Morgan fingerprint density at radius 3 is 2.80 bits per heavy atom. The van der Waals surface area contributed by atoms with Gasteiger partial charge in [-0.3, -0.25) is 14.9 Å². The molecule has 25 heavy (non-hydrogen) atoms. The lowest BCUT2D eigenvalue weighted by Gasteiger charge is -2.24. The minimum absolute atomic E-state index is 0.108. The zero-order valence-electron chi connectivity index (χ0n) is 13.9. The first kappa shape index (κ1) is 15.6. The molecule has 0 bridgehead atoms. The number of H-pyrrole nitrogens is 1. The van der Waals surface area contributed by atoms with Crippen LogP contribution in [0.2, 0.25) is 0 Å². The molecule has 0 saturated carbocycles. The van der Waals surface area contributed by atoms with Crippen molar-refractivity contribution >= 4 is 5.91 Å². The molecule has 1 aromatic carbocycles. The molecule has 2 aromatic heterocycles. The Labute approximate surface area is 146 Å². The first-order valence-electron chi connectivity index (χ1n) is 8.60. The molecule has 2 heterocycles. The Bertz CT molecular complexity index is 872. The third-order valence-corrected chi connectivity index (χ3v) is 4.86. The average Bonchev–Trinajstić information content (AvgIpc) is 3.16. The van der Waals surface area contributed by atoms with Gasteiger partial charge in [0.25, 0.3) is 5.91 Å². The fourth-order valence-corrected chi connectivity index (χ4v) is 3.48. The minimum atomic E-state index is -0.108. The van der Waals surface area contributed by atoms with Crippen LogP contribution < -0.4 is 5.32 Å². The smallest absolute Gasteiger partial charge is 0.269 e. The van der Waals surface area contributed by atoms with Gasteiger partial charge in [0.2, 0.25) is 0 Å². The second kappa shape index (κ2) is 6.89. The predicted octanol–water partition coefficient (Wildman–Crippen LogP) is 3.01. The molecule has 0 spiro atoms. The van der Waals surface area contributed by atoms with Crippen LogP contribution in [0.4, 0.5) is 0 Å². The number of fused-ring (bicyclic) bond motifs is 1. The van der Waals surface area contributed by atoms with Crippen LogP contribution in [0.1, 0.15) is 28.0 Å². The van der Waals surface area contributed by atoms with Gasteiger partial charge in [-0.2, -0.15) is 5.10 Å². The van der Waals surface area contributed by atoms with E-state index in [-0.39, 0.29) is 5.91 Å². The molecule has 0 saturated heterocycles. The number of pyridine rings is 1. The van der Waals surface area contributed by atoms with Crippen LogP contribution >= 0.6 is 0 Å². The molecule has 126 valence electrons. The Hall–Kier alpha value is -2.95. The minimum Gasteiger partial charge on any atom is -0.350 e. The SMILES string of the molecule is O=C(NCC1CCc2ccccc2C1)c1[nH]ncc1-c1ccncc1. The first-order chi connectivity index (χ1) is 12.3. The van der Waals surface area contributed by atoms with E-state index in [1.165, 1.54) is 11.1 Å². The standard InChI is InChI=1S/C20H20N4O/c25-20(19-18(13-23-24-19)16-7-9-21-10-8-16)22-12-14-5-6-15-3-1-2-4-17(15)11-14/h1-4,7-10,13-14H,5-6,11-12H2,(H,22,25)(H,23,24). The Balaban J connectivity index is 1.42. The highest BCUT2D eigenvalue weighted by molar-refractivity contribution is 5.98. The van der Waals surface area contributed by atoms with Gasteiger partial charge in [0, 0.05) is 24.5 Å². The van der Waals surface area contributed by atoms with E-state index in [2.05, 4.69) is 44.8 Å². The maximum atomic E-state index is 12.6. The molecule has 0 aliphatic heterocycles. The van der Waals surface area contributed by atoms with Crippen molar-refractivity contribution in [1.82, 2.24) is 20.5 Å². The maximum Gasteiger partial charge on any atom is 0.269 e. The van der Waals surface area contributed by atoms with Crippen molar-refractivity contribution in [3.63, 3.8) is 0 Å². The maximum absolute atomic E-state index is 12.6. The molecule has 1 amide bonds. The molecule has 1 atom stereocenters. The van der Waals surface area contributed by atoms with Crippen molar-refractivity contribution in [2.45, 2.75) is 19.3 Å². The summed E-state index contributed by atoms with van der Waals surface area (Å²) in [5, 5.41) is 9.93. The summed E-state index contributed by atoms with van der Waals surface area (Å²) in [4.78, 5) is 16.6. The molecule has 0 fully saturated rings. The van der Waals surface area contributed by atoms with Crippen molar-refractivity contribution in [2.75, 3.05) is 6.54 Å². The van der Waals surface area contributed by atoms with E-state index in [1.54, 1.807) is 18.6 Å². The van der Waals surface area contributed by atoms with Crippen LogP contribution in [0.3, 0.4) is 0 Å². The summed E-state index contributed by atoms with van der Waals surface area (Å²) in [5.41, 5.74) is 5.09. The van der Waals surface area contributed by atoms with Crippen molar-refractivity contribution in [3.05, 3.63) is 71.8 Å². The molecule has 5 nitrogen and oxygen atoms in total. The van der Waals surface area contributed by atoms with E-state index in [9.17, 15) is 4.79 Å². The first-order valence-corrected chi connectivity index (χ1v) is 8.60. The summed E-state index contributed by atoms with van der Waals surface area (Å²) >= 11 is 0. The number of carbonyl (C=O) groups is 1. The number of aromatic nitrogens is 3. The predicted molar refractivity (Wildman–Crippen MR) is 96.1 cm³/mol. The number of amides is 1. The molecule has 2 N–H and O–H groups in total. The lowest BCUT2D eigenvalue weighted by molar-refractivity contribution is 0.0941. The average molecular weight is 332 g/mol. The normalized spacial score (nSPS) is 16.2. The highest BCUT2D eigenvalue weighted by Gasteiger charge is 2.20. The lowest BCUT2D eigenvalue weighted by Crippen LogP contribution is -2.32. The van der Waals surface area contributed by atoms with Crippen LogP contribution in [0.25, 0.3) is 11.1 Å². The largest absolute Gasteiger partial charge is 0.350 e. The van der Waals surface area contributed by atoms with Crippen LogP contribution in [0.15, 0.2) is 55.0 Å². The highest BCUT2D eigenvalue weighted by atomic mass is 16.1. The number of nitrogens with zero attached hydrogens (tertiary/aromatic N) is 2. The van der Waals surface area contributed by atoms with Gasteiger partial charge < -0.3 is 5.32 Å². The fraction of sp³-hybridized carbons (Fsp3) is 0.250. The Morgan fingerprint density at radius 1 is 1.16 bits per heavy atom. The molecule has 3 aromatic rings. The molecule has 0 radical (unpaired) electrons. The topological polar surface area (TPSA) is 70.7 Å². The van der Waals surface area contributed by atoms with Crippen LogP contribution in [-0.2, 0) is 12.8 Å². The monoisotopic (exact) mass is 332 g/mol. The van der Waals surface area contributed by atoms with E-state index >= 15 is 0 Å². The number of nitrogens with one attached hydrogen (secondary N) is 2. The van der Waals surface area contributed by atoms with Gasteiger partial charge in [-0.1, -0.05) is 24.3 Å². The van der Waals surface area contributed by atoms with Gasteiger partial charge in [0.15, 0.2) is 0 Å². The molecular formula is C20H20N4O. The molecule has 1 aliphatic carbocycles. The highest BCUT2D eigenvalue weighted by Crippen LogP contribution is 2.25. The van der Waals surface area contributed by atoms with Crippen LogP contribution in [0.5, 0.6) is 0 Å². The molecule has 5 heteroatoms. The van der Waals surface area contributed by atoms with Gasteiger partial charge in [-0.25, -0.2) is 0 Å². The third kappa shape index (κ3) is 3.31. The van der Waals surface area contributed by atoms with E-state index in [0.29, 0.717) is 18.2 Å². The second-order valence-electron chi connectivity index (χ2n) is 6.48. The van der Waals surface area contributed by atoms with E-state index < -0.39 is 0 Å². The number of carbonyl (C=O) groups excluding carboxylic acids is 1. The summed E-state index contributed by atoms with van der Waals surface area (Å²) in [6.45, 7) is 0.683. The van der Waals surface area contributed by atoms with Gasteiger partial charge in [0.1, 0.15) is 5.69 Å². The van der Waals surface area contributed by atoms with E-state index in [4.69, 9.17) is 0 Å². The Morgan fingerprint density at radius 2 is 1.96 bits per heavy atom. The van der Waals surface area contributed by atoms with Crippen molar-refractivity contribution in [3.8, 4) is 11.1 Å². The number of hydrogen-bond donors (Lipinski definition) is 2. The zero-order chi connectivity index (χ0) is 17.1. The summed E-state index contributed by atoms with van der Waals surface area (Å²) in [5.74, 6) is 0.370. The fourth-order valence-electron chi connectivity index (χ4n) is 3.48. The summed E-state index contributed by atoms with van der Waals surface area (Å²) in [7, 11) is 0. The number of aromatic amines is 1. The molecule has 4 rings (SSSR count). The summed E-state index contributed by atoms with van der Waals surface area (Å²) in [6.07, 6.45) is 8.32. The molecular weight excluding hydrogens is 312 g/mol. The Kier molecular flexibility index (Phi) is 4.29. The summed E-state index contributed by atoms with van der Waals surface area (Å²) in [6, 6.07) is 12.3. The van der Waals surface area contributed by atoms with Gasteiger partial charge >= 0.3 is 0 Å². The third-order valence-electron chi connectivity index (χ3n) is 4.86. The number of rotatable bonds is 4. The van der Waals surface area contributed by atoms with Crippen LogP contribution in [0, 0.1) is 5.92 Å². The second-order valence-corrected chi connectivity index (χ2v) is 6.48. The zero-order valence-corrected chi connectivity index (χ0v) is 13.9. The van der Waals surface area contributed by atoms with Crippen molar-refractivity contribution < 1.29 is 4.79 Å². The quantitative estimate of drug-likeness (QED) is 0.771. The van der Waals surface area contributed by atoms with E-state index in [1.807, 2.05) is 12.1 Å². The van der Waals surface area contributed by atoms with Gasteiger partial charge in [0.05, 0.1) is 6.20 Å². The van der Waals surface area contributed by atoms with Crippen molar-refractivity contribution in [1.29, 1.82) is 0 Å². The lowest BCUT2D eigenvalue weighted by atomic mass is 9.84. The number of benzene rings is 1. The number of hydrogen-bond acceptors (Lipinski definition) is 3. The van der Waals surface area contributed by atoms with E-state index in [0.717, 1.165) is 30.4 Å². The van der Waals surface area contributed by atoms with Gasteiger partial charge in [-0.15, -0.1) is 0 Å². The molecule has 1 unspecified atom stereocenters. The number of aryl methyl sites for hydroxylation is 1. The van der Waals surface area contributed by atoms with Crippen LogP contribution in [-0.4, -0.2) is 27.6 Å². The van der Waals surface area contributed by atoms with Gasteiger partial charge in [-0.05, 0) is 54.0 Å². The summed E-state index contributed by atoms with van der Waals surface area (Å²) < 4.78 is 0.